The van der Waals surface area contributed by atoms with Gasteiger partial charge in [-0.2, -0.15) is 0 Å². The molecular formula is C21H30N4O2. The average molecular weight is 370 g/mol. The maximum Gasteiger partial charge on any atom is 0.272 e. The average Bonchev–Trinajstić information content (AvgIpc) is 2.66. The normalized spacial score (nSPS) is 17.9. The maximum atomic E-state index is 12.4. The molecule has 0 spiro atoms. The molecule has 6 heteroatoms. The van der Waals surface area contributed by atoms with Gasteiger partial charge in [0.25, 0.3) is 5.56 Å². The van der Waals surface area contributed by atoms with Crippen LogP contribution in [-0.4, -0.2) is 46.5 Å². The van der Waals surface area contributed by atoms with Crippen molar-refractivity contribution < 1.29 is 4.79 Å². The second-order valence-electron chi connectivity index (χ2n) is 7.64. The maximum absolute atomic E-state index is 12.4. The van der Waals surface area contributed by atoms with Crippen LogP contribution >= 0.6 is 0 Å². The van der Waals surface area contributed by atoms with Crippen molar-refractivity contribution in [3.63, 3.8) is 0 Å². The van der Waals surface area contributed by atoms with Gasteiger partial charge in [-0.05, 0) is 57.3 Å². The van der Waals surface area contributed by atoms with Crippen LogP contribution in [0.25, 0.3) is 11.0 Å². The van der Waals surface area contributed by atoms with E-state index in [1.54, 1.807) is 11.5 Å². The van der Waals surface area contributed by atoms with Crippen LogP contribution < -0.4 is 10.9 Å². The number of aromatic nitrogens is 2. The molecule has 1 atom stereocenters. The van der Waals surface area contributed by atoms with Crippen LogP contribution in [0.5, 0.6) is 0 Å². The Balaban J connectivity index is 1.47. The van der Waals surface area contributed by atoms with E-state index in [9.17, 15) is 9.59 Å². The fraction of sp³-hybridized carbons (Fsp3) is 0.571. The second kappa shape index (κ2) is 9.13. The molecule has 1 saturated heterocycles. The number of nitrogens with zero attached hydrogens (tertiary/aromatic N) is 3. The molecule has 3 rings (SSSR count). The third-order valence-corrected chi connectivity index (χ3v) is 5.29. The van der Waals surface area contributed by atoms with Gasteiger partial charge in [-0.15, -0.1) is 0 Å². The summed E-state index contributed by atoms with van der Waals surface area (Å²) in [5.41, 5.74) is 1.90. The van der Waals surface area contributed by atoms with Crippen molar-refractivity contribution in [2.45, 2.75) is 46.1 Å². The number of nitrogens with one attached hydrogen (secondary N) is 1. The Labute approximate surface area is 160 Å². The topological polar surface area (TPSA) is 67.2 Å². The van der Waals surface area contributed by atoms with Gasteiger partial charge in [0, 0.05) is 26.1 Å². The number of hydrogen-bond acceptors (Lipinski definition) is 4. The lowest BCUT2D eigenvalue weighted by atomic mass is 10.0. The highest BCUT2D eigenvalue weighted by molar-refractivity contribution is 5.77. The van der Waals surface area contributed by atoms with E-state index in [-0.39, 0.29) is 11.5 Å². The highest BCUT2D eigenvalue weighted by atomic mass is 16.1. The molecule has 6 nitrogen and oxygen atoms in total. The molecule has 146 valence electrons. The molecule has 1 N–H and O–H groups in total. The van der Waals surface area contributed by atoms with Gasteiger partial charge in [-0.25, -0.2) is 4.98 Å². The molecule has 1 amide bonds. The van der Waals surface area contributed by atoms with Gasteiger partial charge in [-0.1, -0.05) is 19.1 Å². The van der Waals surface area contributed by atoms with E-state index in [1.165, 1.54) is 25.9 Å². The Bertz CT molecular complexity index is 846. The van der Waals surface area contributed by atoms with Crippen molar-refractivity contribution in [2.75, 3.05) is 26.2 Å². The van der Waals surface area contributed by atoms with E-state index in [0.29, 0.717) is 25.2 Å². The van der Waals surface area contributed by atoms with Crippen LogP contribution in [0.1, 0.15) is 38.3 Å². The van der Waals surface area contributed by atoms with Gasteiger partial charge in [-0.3, -0.25) is 9.59 Å². The lowest BCUT2D eigenvalue weighted by Crippen LogP contribution is -2.36. The van der Waals surface area contributed by atoms with E-state index in [2.05, 4.69) is 22.1 Å². The van der Waals surface area contributed by atoms with Gasteiger partial charge in [0.1, 0.15) is 5.69 Å². The highest BCUT2D eigenvalue weighted by Gasteiger charge is 2.15. The molecule has 1 unspecified atom stereocenters. The summed E-state index contributed by atoms with van der Waals surface area (Å²) in [5, 5.41) is 2.99. The molecule has 0 saturated carbocycles. The van der Waals surface area contributed by atoms with Crippen molar-refractivity contribution in [1.82, 2.24) is 19.8 Å². The number of fused-ring (bicyclic) bond motifs is 1. The van der Waals surface area contributed by atoms with Crippen LogP contribution in [0.3, 0.4) is 0 Å². The van der Waals surface area contributed by atoms with Crippen LogP contribution in [0.15, 0.2) is 29.1 Å². The third-order valence-electron chi connectivity index (χ3n) is 5.29. The summed E-state index contributed by atoms with van der Waals surface area (Å²) in [5.74, 6) is 0.776. The Hall–Kier alpha value is -2.21. The summed E-state index contributed by atoms with van der Waals surface area (Å²) >= 11 is 0. The molecule has 2 heterocycles. The van der Waals surface area contributed by atoms with Gasteiger partial charge >= 0.3 is 0 Å². The van der Waals surface area contributed by atoms with Gasteiger partial charge in [0.05, 0.1) is 11.0 Å². The minimum absolute atomic E-state index is 0.00698. The molecule has 1 aromatic carbocycles. The number of rotatable bonds is 7. The number of para-hydroxylation sites is 2. The van der Waals surface area contributed by atoms with Crippen molar-refractivity contribution >= 4 is 16.9 Å². The Kier molecular flexibility index (Phi) is 6.61. The van der Waals surface area contributed by atoms with Crippen LogP contribution in [0, 0.1) is 12.8 Å². The van der Waals surface area contributed by atoms with Gasteiger partial charge in [0.15, 0.2) is 0 Å². The summed E-state index contributed by atoms with van der Waals surface area (Å²) in [6.45, 7) is 8.47. The lowest BCUT2D eigenvalue weighted by molar-refractivity contribution is -0.121. The molecule has 1 aliphatic rings. The molecule has 0 bridgehead atoms. The number of carbonyl (C=O) groups excluding carboxylic acids is 1. The minimum atomic E-state index is -0.124. The quantitative estimate of drug-likeness (QED) is 0.760. The first-order valence-electron chi connectivity index (χ1n) is 10.00. The lowest BCUT2D eigenvalue weighted by Gasteiger charge is -2.30. The molecule has 1 aliphatic heterocycles. The van der Waals surface area contributed by atoms with Crippen LogP contribution in [0.4, 0.5) is 0 Å². The highest BCUT2D eigenvalue weighted by Crippen LogP contribution is 2.15. The zero-order valence-corrected chi connectivity index (χ0v) is 16.4. The van der Waals surface area contributed by atoms with Crippen molar-refractivity contribution in [1.29, 1.82) is 0 Å². The number of aryl methyl sites for hydroxylation is 2. The molecule has 2 aromatic rings. The molecular weight excluding hydrogens is 340 g/mol. The second-order valence-corrected chi connectivity index (χ2v) is 7.64. The summed E-state index contributed by atoms with van der Waals surface area (Å²) < 4.78 is 1.66. The summed E-state index contributed by atoms with van der Waals surface area (Å²) in [6.07, 6.45) is 3.88. The number of hydrogen-bond donors (Lipinski definition) is 1. The van der Waals surface area contributed by atoms with Crippen molar-refractivity contribution in [3.8, 4) is 0 Å². The van der Waals surface area contributed by atoms with E-state index in [4.69, 9.17) is 0 Å². The summed E-state index contributed by atoms with van der Waals surface area (Å²) in [6, 6.07) is 7.55. The number of carbonyl (C=O) groups is 1. The van der Waals surface area contributed by atoms with E-state index < -0.39 is 0 Å². The number of amides is 1. The fourth-order valence-corrected chi connectivity index (χ4v) is 3.86. The van der Waals surface area contributed by atoms with Gasteiger partial charge < -0.3 is 14.8 Å². The van der Waals surface area contributed by atoms with Crippen LogP contribution in [0.2, 0.25) is 0 Å². The van der Waals surface area contributed by atoms with E-state index >= 15 is 0 Å². The first-order chi connectivity index (χ1) is 13.0. The zero-order chi connectivity index (χ0) is 19.2. The largest absolute Gasteiger partial charge is 0.356 e. The Morgan fingerprint density at radius 3 is 2.93 bits per heavy atom. The number of piperidine rings is 1. The molecule has 1 aromatic heterocycles. The Morgan fingerprint density at radius 2 is 2.11 bits per heavy atom. The number of likely N-dealkylation sites (tertiary alicyclic amines) is 1. The molecule has 1 fully saturated rings. The molecule has 27 heavy (non-hydrogen) atoms. The molecule has 0 radical (unpaired) electrons. The standard InChI is InChI=1S/C21H30N4O2/c1-16-7-5-12-24(15-16)13-6-11-22-20(26)10-14-25-19-9-4-3-8-18(19)23-17(2)21(25)27/h3-4,8-9,16H,5-7,10-15H2,1-2H3,(H,22,26). The first-order valence-corrected chi connectivity index (χ1v) is 10.00. The summed E-state index contributed by atoms with van der Waals surface area (Å²) in [7, 11) is 0. The SMILES string of the molecule is Cc1nc2ccccc2n(CCC(=O)NCCCN2CCCC(C)C2)c1=O. The van der Waals surface area contributed by atoms with E-state index in [1.807, 2.05) is 24.3 Å². The minimum Gasteiger partial charge on any atom is -0.356 e. The molecule has 0 aliphatic carbocycles. The fourth-order valence-electron chi connectivity index (χ4n) is 3.86. The predicted molar refractivity (Wildman–Crippen MR) is 108 cm³/mol. The predicted octanol–water partition coefficient (Wildman–Crippen LogP) is 2.33. The third kappa shape index (κ3) is 5.16. The van der Waals surface area contributed by atoms with E-state index in [0.717, 1.165) is 29.9 Å². The van der Waals surface area contributed by atoms with Crippen LogP contribution in [-0.2, 0) is 11.3 Å². The first kappa shape index (κ1) is 19.5. The monoisotopic (exact) mass is 370 g/mol. The number of benzene rings is 1. The van der Waals surface area contributed by atoms with Crippen molar-refractivity contribution in [2.24, 2.45) is 5.92 Å². The smallest absolute Gasteiger partial charge is 0.272 e. The Morgan fingerprint density at radius 1 is 1.30 bits per heavy atom. The van der Waals surface area contributed by atoms with Crippen molar-refractivity contribution in [3.05, 3.63) is 40.3 Å². The zero-order valence-electron chi connectivity index (χ0n) is 16.4. The summed E-state index contributed by atoms with van der Waals surface area (Å²) in [4.78, 5) is 31.4. The van der Waals surface area contributed by atoms with Gasteiger partial charge in [0.2, 0.25) is 5.91 Å².